The fourth-order valence-corrected chi connectivity index (χ4v) is 1.38. The molecule has 0 unspecified atom stereocenters. The highest BCUT2D eigenvalue weighted by Crippen LogP contribution is 2.03. The van der Waals surface area contributed by atoms with Crippen molar-refractivity contribution < 1.29 is 4.79 Å². The van der Waals surface area contributed by atoms with Crippen molar-refractivity contribution in [2.24, 2.45) is 5.73 Å². The van der Waals surface area contributed by atoms with E-state index in [0.29, 0.717) is 6.54 Å². The molecule has 3 N–H and O–H groups in total. The number of para-hydroxylation sites is 1. The maximum absolute atomic E-state index is 10.5. The molecule has 0 aliphatic heterocycles. The highest BCUT2D eigenvalue weighted by atomic mass is 16.1. The van der Waals surface area contributed by atoms with Crippen molar-refractivity contribution >= 4 is 5.91 Å². The normalized spacial score (nSPS) is 10.4. The van der Waals surface area contributed by atoms with E-state index in [2.05, 4.69) is 15.5 Å². The topological polar surface area (TPSA) is 85.8 Å². The molecule has 1 aromatic heterocycles. The molecule has 0 aliphatic carbocycles. The Morgan fingerprint density at radius 2 is 2.12 bits per heavy atom. The maximum atomic E-state index is 10.5. The maximum Gasteiger partial charge on any atom is 0.231 e. The third-order valence-corrected chi connectivity index (χ3v) is 2.13. The van der Waals surface area contributed by atoms with Gasteiger partial charge in [-0.25, -0.2) is 0 Å². The van der Waals surface area contributed by atoms with Crippen molar-refractivity contribution in [3.8, 4) is 5.69 Å². The van der Waals surface area contributed by atoms with E-state index < -0.39 is 0 Å². The summed E-state index contributed by atoms with van der Waals surface area (Å²) in [4.78, 5) is 12.1. The number of carbonyl (C=O) groups excluding carboxylic acids is 1. The lowest BCUT2D eigenvalue weighted by Gasteiger charge is -1.98. The number of benzene rings is 1. The van der Waals surface area contributed by atoms with E-state index in [0.717, 1.165) is 11.4 Å². The van der Waals surface area contributed by atoms with Gasteiger partial charge in [-0.15, -0.1) is 0 Å². The van der Waals surface area contributed by atoms with Crippen molar-refractivity contribution in [2.75, 3.05) is 6.54 Å². The number of amides is 1. The van der Waals surface area contributed by atoms with Crippen LogP contribution in [0.25, 0.3) is 5.69 Å². The van der Waals surface area contributed by atoms with Gasteiger partial charge >= 0.3 is 0 Å². The number of aromatic nitrogens is 3. The third-order valence-electron chi connectivity index (χ3n) is 2.13. The first-order valence-corrected chi connectivity index (χ1v) is 5.21. The summed E-state index contributed by atoms with van der Waals surface area (Å²) in [6.45, 7) is 0.605. The number of hydrogen-bond acceptors (Lipinski definition) is 4. The monoisotopic (exact) mass is 231 g/mol. The first-order chi connectivity index (χ1) is 8.25. The molecule has 0 saturated heterocycles. The van der Waals surface area contributed by atoms with Crippen LogP contribution in [0.1, 0.15) is 5.69 Å². The lowest BCUT2D eigenvalue weighted by Crippen LogP contribution is -2.28. The van der Waals surface area contributed by atoms with Crippen LogP contribution in [0.4, 0.5) is 0 Å². The van der Waals surface area contributed by atoms with Crippen molar-refractivity contribution in [1.82, 2.24) is 20.3 Å². The van der Waals surface area contributed by atoms with Gasteiger partial charge in [0.05, 0.1) is 24.1 Å². The Bertz CT molecular complexity index is 494. The van der Waals surface area contributed by atoms with Crippen LogP contribution < -0.4 is 11.1 Å². The first kappa shape index (κ1) is 11.3. The smallest absolute Gasteiger partial charge is 0.231 e. The molecular weight excluding hydrogens is 218 g/mol. The number of nitrogens with zero attached hydrogens (tertiary/aromatic N) is 3. The molecular formula is C11H13N5O. The van der Waals surface area contributed by atoms with Crippen LogP contribution in [-0.4, -0.2) is 27.4 Å². The molecule has 0 saturated carbocycles. The molecule has 17 heavy (non-hydrogen) atoms. The predicted octanol–water partition coefficient (Wildman–Crippen LogP) is -0.158. The van der Waals surface area contributed by atoms with Gasteiger partial charge in [0, 0.05) is 6.54 Å². The van der Waals surface area contributed by atoms with Crippen LogP contribution in [0.3, 0.4) is 0 Å². The van der Waals surface area contributed by atoms with Gasteiger partial charge in [-0.3, -0.25) is 4.79 Å². The summed E-state index contributed by atoms with van der Waals surface area (Å²) in [7, 11) is 0. The molecule has 2 rings (SSSR count). The second-order valence-electron chi connectivity index (χ2n) is 3.53. The number of nitrogens with two attached hydrogens (primary N) is 1. The number of primary amides is 1. The van der Waals surface area contributed by atoms with Crippen molar-refractivity contribution in [1.29, 1.82) is 0 Å². The molecule has 1 aromatic carbocycles. The summed E-state index contributed by atoms with van der Waals surface area (Å²) < 4.78 is 0. The Balaban J connectivity index is 1.99. The Labute approximate surface area is 98.4 Å². The SMILES string of the molecule is NC(=O)CNCc1cnn(-c2ccccc2)n1. The number of nitrogens with one attached hydrogen (secondary N) is 1. The average molecular weight is 231 g/mol. The van der Waals surface area contributed by atoms with E-state index in [1.807, 2.05) is 30.3 Å². The summed E-state index contributed by atoms with van der Waals surface area (Å²) in [5.74, 6) is -0.388. The molecule has 0 radical (unpaired) electrons. The summed E-state index contributed by atoms with van der Waals surface area (Å²) >= 11 is 0. The standard InChI is InChI=1S/C11H13N5O/c12-11(17)8-13-6-9-7-14-16(15-9)10-4-2-1-3-5-10/h1-5,7,13H,6,8H2,(H2,12,17). The van der Waals surface area contributed by atoms with Gasteiger partial charge < -0.3 is 11.1 Å². The Kier molecular flexibility index (Phi) is 3.46. The van der Waals surface area contributed by atoms with Crippen LogP contribution in [-0.2, 0) is 11.3 Å². The molecule has 1 amide bonds. The quantitative estimate of drug-likeness (QED) is 0.748. The van der Waals surface area contributed by atoms with Crippen LogP contribution >= 0.6 is 0 Å². The van der Waals surface area contributed by atoms with E-state index >= 15 is 0 Å². The highest BCUT2D eigenvalue weighted by molar-refractivity contribution is 5.75. The van der Waals surface area contributed by atoms with Gasteiger partial charge in [-0.2, -0.15) is 15.0 Å². The summed E-state index contributed by atoms with van der Waals surface area (Å²) in [6, 6.07) is 9.61. The van der Waals surface area contributed by atoms with Crippen molar-refractivity contribution in [3.63, 3.8) is 0 Å². The van der Waals surface area contributed by atoms with Crippen LogP contribution in [0.15, 0.2) is 36.5 Å². The minimum absolute atomic E-state index is 0.137. The largest absolute Gasteiger partial charge is 0.369 e. The molecule has 0 spiro atoms. The second kappa shape index (κ2) is 5.22. The first-order valence-electron chi connectivity index (χ1n) is 5.21. The fraction of sp³-hybridized carbons (Fsp3) is 0.182. The summed E-state index contributed by atoms with van der Waals surface area (Å²) in [6.07, 6.45) is 1.65. The van der Waals surface area contributed by atoms with Gasteiger partial charge in [-0.1, -0.05) is 18.2 Å². The Morgan fingerprint density at radius 3 is 2.82 bits per heavy atom. The summed E-state index contributed by atoms with van der Waals surface area (Å²) in [5, 5.41) is 11.3. The van der Waals surface area contributed by atoms with Crippen LogP contribution in [0, 0.1) is 0 Å². The Hall–Kier alpha value is -2.21. The zero-order chi connectivity index (χ0) is 12.1. The zero-order valence-electron chi connectivity index (χ0n) is 9.21. The molecule has 88 valence electrons. The lowest BCUT2D eigenvalue weighted by molar-refractivity contribution is -0.117. The van der Waals surface area contributed by atoms with Gasteiger partial charge in [0.25, 0.3) is 0 Å². The number of hydrogen-bond donors (Lipinski definition) is 2. The molecule has 2 aromatic rings. The molecule has 1 heterocycles. The molecule has 6 heteroatoms. The van der Waals surface area contributed by atoms with E-state index in [1.54, 1.807) is 11.0 Å². The van der Waals surface area contributed by atoms with Crippen molar-refractivity contribution in [2.45, 2.75) is 6.54 Å². The molecule has 0 bridgehead atoms. The minimum Gasteiger partial charge on any atom is -0.369 e. The average Bonchev–Trinajstić information content (AvgIpc) is 2.78. The fourth-order valence-electron chi connectivity index (χ4n) is 1.38. The lowest BCUT2D eigenvalue weighted by atomic mass is 10.3. The van der Waals surface area contributed by atoms with E-state index in [-0.39, 0.29) is 12.5 Å². The van der Waals surface area contributed by atoms with Gasteiger partial charge in [0.2, 0.25) is 5.91 Å². The number of rotatable bonds is 5. The molecule has 0 aliphatic rings. The third kappa shape index (κ3) is 3.12. The zero-order valence-corrected chi connectivity index (χ0v) is 9.21. The van der Waals surface area contributed by atoms with E-state index in [1.165, 1.54) is 0 Å². The van der Waals surface area contributed by atoms with E-state index in [4.69, 9.17) is 5.73 Å². The number of carbonyl (C=O) groups is 1. The molecule has 0 fully saturated rings. The van der Waals surface area contributed by atoms with Crippen molar-refractivity contribution in [3.05, 3.63) is 42.2 Å². The Morgan fingerprint density at radius 1 is 1.35 bits per heavy atom. The second-order valence-corrected chi connectivity index (χ2v) is 3.53. The predicted molar refractivity (Wildman–Crippen MR) is 62.3 cm³/mol. The summed E-state index contributed by atoms with van der Waals surface area (Å²) in [5.41, 5.74) is 6.67. The highest BCUT2D eigenvalue weighted by Gasteiger charge is 2.02. The molecule has 6 nitrogen and oxygen atoms in total. The minimum atomic E-state index is -0.388. The molecule has 0 atom stereocenters. The van der Waals surface area contributed by atoms with Gasteiger partial charge in [0.15, 0.2) is 0 Å². The van der Waals surface area contributed by atoms with E-state index in [9.17, 15) is 4.79 Å². The van der Waals surface area contributed by atoms with Crippen LogP contribution in [0.5, 0.6) is 0 Å². The van der Waals surface area contributed by atoms with Gasteiger partial charge in [0.1, 0.15) is 0 Å². The van der Waals surface area contributed by atoms with Crippen LogP contribution in [0.2, 0.25) is 0 Å². The van der Waals surface area contributed by atoms with Gasteiger partial charge in [-0.05, 0) is 12.1 Å².